The van der Waals surface area contributed by atoms with Crippen molar-refractivity contribution in [1.82, 2.24) is 0 Å². The number of hydrogen-bond acceptors (Lipinski definition) is 4. The van der Waals surface area contributed by atoms with Crippen molar-refractivity contribution in [3.8, 4) is 5.75 Å². The molecule has 0 bridgehead atoms. The first-order valence-electron chi connectivity index (χ1n) is 4.93. The molecule has 0 aromatic heterocycles. The summed E-state index contributed by atoms with van der Waals surface area (Å²) in [6.07, 6.45) is 0. The molecule has 5 nitrogen and oxygen atoms in total. The van der Waals surface area contributed by atoms with Crippen LogP contribution in [0.25, 0.3) is 10.8 Å². The van der Waals surface area contributed by atoms with Gasteiger partial charge < -0.3 is 15.7 Å². The van der Waals surface area contributed by atoms with Gasteiger partial charge in [0.1, 0.15) is 0 Å². The van der Waals surface area contributed by atoms with Crippen molar-refractivity contribution in [3.05, 3.63) is 35.9 Å². The Balaban J connectivity index is 2.72. The summed E-state index contributed by atoms with van der Waals surface area (Å²) in [6.45, 7) is 0.378. The summed E-state index contributed by atoms with van der Waals surface area (Å²) in [7, 11) is 0. The third kappa shape index (κ3) is 2.23. The molecule has 2 aromatic rings. The molecule has 0 fully saturated rings. The molecule has 0 aliphatic heterocycles. The largest absolute Gasteiger partial charge is 0.396 e. The zero-order valence-electron chi connectivity index (χ0n) is 8.92. The molecule has 0 radical (unpaired) electrons. The van der Waals surface area contributed by atoms with Crippen LogP contribution in [0.15, 0.2) is 30.3 Å². The Hall–Kier alpha value is -1.63. The molecular weight excluding hydrogens is 240 g/mol. The number of anilines is 1. The number of hydrogen-bond donors (Lipinski definition) is 3. The lowest BCUT2D eigenvalue weighted by Crippen LogP contribution is -2.03. The molecule has 0 amide bonds. The van der Waals surface area contributed by atoms with Crippen molar-refractivity contribution in [2.75, 3.05) is 5.73 Å². The molecule has 0 saturated carbocycles. The van der Waals surface area contributed by atoms with Crippen LogP contribution in [0.5, 0.6) is 5.75 Å². The molecule has 1 atom stereocenters. The van der Waals surface area contributed by atoms with E-state index < -0.39 is 11.4 Å². The molecule has 0 spiro atoms. The van der Waals surface area contributed by atoms with E-state index >= 15 is 0 Å². The van der Waals surface area contributed by atoms with Gasteiger partial charge >= 0.3 is 11.4 Å². The number of fused-ring (bicyclic) bond motifs is 1. The highest BCUT2D eigenvalue weighted by Crippen LogP contribution is 2.33. The maximum atomic E-state index is 10.7. The van der Waals surface area contributed by atoms with Crippen LogP contribution in [0.4, 0.5) is 5.69 Å². The lowest BCUT2D eigenvalue weighted by Gasteiger charge is -2.10. The van der Waals surface area contributed by atoms with Crippen molar-refractivity contribution in [1.29, 1.82) is 0 Å². The average Bonchev–Trinajstić information content (AvgIpc) is 2.31. The van der Waals surface area contributed by atoms with E-state index in [9.17, 15) is 4.21 Å². The van der Waals surface area contributed by atoms with Crippen LogP contribution in [-0.4, -0.2) is 8.76 Å². The number of rotatable bonds is 3. The Kier molecular flexibility index (Phi) is 3.28. The van der Waals surface area contributed by atoms with Gasteiger partial charge in [-0.05, 0) is 17.0 Å². The Labute approximate surface area is 101 Å². The van der Waals surface area contributed by atoms with Crippen molar-refractivity contribution in [2.45, 2.75) is 6.54 Å². The molecule has 1 unspecified atom stereocenters. The lowest BCUT2D eigenvalue weighted by atomic mass is 10.0. The van der Waals surface area contributed by atoms with E-state index in [0.29, 0.717) is 17.6 Å². The van der Waals surface area contributed by atoms with E-state index in [1.54, 1.807) is 18.2 Å². The predicted molar refractivity (Wildman–Crippen MR) is 67.7 cm³/mol. The van der Waals surface area contributed by atoms with Gasteiger partial charge in [-0.15, -0.1) is 0 Å². The maximum absolute atomic E-state index is 10.7. The Morgan fingerprint density at radius 2 is 2.00 bits per heavy atom. The SMILES string of the molecule is NCc1cccc2c(OS(=O)O)c(N)ccc12. The van der Waals surface area contributed by atoms with Crippen LogP contribution in [0.1, 0.15) is 5.56 Å². The summed E-state index contributed by atoms with van der Waals surface area (Å²) in [6, 6.07) is 8.91. The highest BCUT2D eigenvalue weighted by atomic mass is 32.2. The molecule has 90 valence electrons. The Morgan fingerprint density at radius 1 is 1.24 bits per heavy atom. The quantitative estimate of drug-likeness (QED) is 0.566. The van der Waals surface area contributed by atoms with Gasteiger partial charge in [0.2, 0.25) is 0 Å². The molecule has 6 heteroatoms. The van der Waals surface area contributed by atoms with Crippen LogP contribution in [0, 0.1) is 0 Å². The van der Waals surface area contributed by atoms with Crippen LogP contribution < -0.4 is 15.7 Å². The topological polar surface area (TPSA) is 98.6 Å². The van der Waals surface area contributed by atoms with Gasteiger partial charge in [-0.2, -0.15) is 4.21 Å². The summed E-state index contributed by atoms with van der Waals surface area (Å²) < 4.78 is 24.3. The van der Waals surface area contributed by atoms with E-state index in [-0.39, 0.29) is 5.75 Å². The smallest absolute Gasteiger partial charge is 0.357 e. The molecule has 17 heavy (non-hydrogen) atoms. The third-order valence-corrected chi connectivity index (χ3v) is 2.82. The summed E-state index contributed by atoms with van der Waals surface area (Å²) in [5, 5.41) is 1.54. The zero-order chi connectivity index (χ0) is 12.4. The van der Waals surface area contributed by atoms with Crippen LogP contribution in [-0.2, 0) is 17.9 Å². The van der Waals surface area contributed by atoms with Gasteiger partial charge in [-0.1, -0.05) is 24.3 Å². The standard InChI is InChI=1S/C11H12N2O3S/c12-6-7-2-1-3-9-8(7)4-5-10(13)11(9)16-17(14)15/h1-5H,6,12-13H2,(H,14,15). The van der Waals surface area contributed by atoms with Crippen LogP contribution >= 0.6 is 0 Å². The van der Waals surface area contributed by atoms with Crippen LogP contribution in [0.3, 0.4) is 0 Å². The van der Waals surface area contributed by atoms with Crippen molar-refractivity contribution >= 4 is 27.8 Å². The molecule has 2 aromatic carbocycles. The fourth-order valence-corrected chi connectivity index (χ4v) is 2.08. The average molecular weight is 252 g/mol. The second kappa shape index (κ2) is 4.70. The molecule has 0 saturated heterocycles. The molecule has 0 aliphatic rings. The van der Waals surface area contributed by atoms with Crippen molar-refractivity contribution in [2.24, 2.45) is 5.73 Å². The van der Waals surface area contributed by atoms with E-state index in [0.717, 1.165) is 10.9 Å². The van der Waals surface area contributed by atoms with E-state index in [4.69, 9.17) is 20.2 Å². The highest BCUT2D eigenvalue weighted by Gasteiger charge is 2.11. The van der Waals surface area contributed by atoms with Gasteiger partial charge in [0.15, 0.2) is 5.75 Å². The normalized spacial score (nSPS) is 12.6. The zero-order valence-corrected chi connectivity index (χ0v) is 9.74. The van der Waals surface area contributed by atoms with Crippen molar-refractivity contribution in [3.63, 3.8) is 0 Å². The molecular formula is C11H12N2O3S. The van der Waals surface area contributed by atoms with Gasteiger partial charge in [0.25, 0.3) is 0 Å². The van der Waals surface area contributed by atoms with Gasteiger partial charge in [-0.25, -0.2) is 0 Å². The van der Waals surface area contributed by atoms with Gasteiger partial charge in [0.05, 0.1) is 5.69 Å². The van der Waals surface area contributed by atoms with Crippen LogP contribution in [0.2, 0.25) is 0 Å². The van der Waals surface area contributed by atoms with E-state index in [1.165, 1.54) is 0 Å². The number of benzene rings is 2. The minimum absolute atomic E-state index is 0.207. The van der Waals surface area contributed by atoms with E-state index in [2.05, 4.69) is 0 Å². The minimum Gasteiger partial charge on any atom is -0.396 e. The third-order valence-electron chi connectivity index (χ3n) is 2.51. The summed E-state index contributed by atoms with van der Waals surface area (Å²) in [4.78, 5) is 0. The fraction of sp³-hybridized carbons (Fsp3) is 0.0909. The fourth-order valence-electron chi connectivity index (χ4n) is 1.75. The Bertz CT molecular complexity index is 586. The Morgan fingerprint density at radius 3 is 2.65 bits per heavy atom. The highest BCUT2D eigenvalue weighted by molar-refractivity contribution is 7.74. The van der Waals surface area contributed by atoms with Gasteiger partial charge in [0, 0.05) is 11.9 Å². The predicted octanol–water partition coefficient (Wildman–Crippen LogP) is 1.40. The lowest BCUT2D eigenvalue weighted by molar-refractivity contribution is 0.461. The van der Waals surface area contributed by atoms with Gasteiger partial charge in [-0.3, -0.25) is 4.55 Å². The summed E-state index contributed by atoms with van der Waals surface area (Å²) >= 11 is -2.40. The molecule has 0 heterocycles. The van der Waals surface area contributed by atoms with E-state index in [1.807, 2.05) is 12.1 Å². The minimum atomic E-state index is -2.40. The first kappa shape index (κ1) is 11.8. The number of nitrogens with two attached hydrogens (primary N) is 2. The molecule has 2 rings (SSSR count). The first-order chi connectivity index (χ1) is 8.13. The number of nitrogen functional groups attached to an aromatic ring is 1. The summed E-state index contributed by atoms with van der Waals surface area (Å²) in [5.74, 6) is 0.207. The first-order valence-corrected chi connectivity index (χ1v) is 5.96. The molecule has 0 aliphatic carbocycles. The monoisotopic (exact) mass is 252 g/mol. The second-order valence-electron chi connectivity index (χ2n) is 3.50. The molecule has 5 N–H and O–H groups in total. The van der Waals surface area contributed by atoms with Crippen molar-refractivity contribution < 1.29 is 12.9 Å². The second-order valence-corrected chi connectivity index (χ2v) is 4.10. The maximum Gasteiger partial charge on any atom is 0.357 e. The summed E-state index contributed by atoms with van der Waals surface area (Å²) in [5.41, 5.74) is 12.6.